The van der Waals surface area contributed by atoms with E-state index in [2.05, 4.69) is 10.6 Å². The lowest BCUT2D eigenvalue weighted by Gasteiger charge is -2.22. The first-order valence-electron chi connectivity index (χ1n) is 6.74. The van der Waals surface area contributed by atoms with Gasteiger partial charge in [-0.05, 0) is 44.0 Å². The molecule has 1 aromatic rings. The Hall–Kier alpha value is -1.27. The number of halogens is 4. The van der Waals surface area contributed by atoms with Crippen molar-refractivity contribution in [3.05, 3.63) is 28.8 Å². The molecule has 2 N–H and O–H groups in total. The second-order valence-electron chi connectivity index (χ2n) is 5.11. The Labute approximate surface area is 125 Å². The van der Waals surface area contributed by atoms with Gasteiger partial charge in [0, 0.05) is 6.42 Å². The molecule has 0 aromatic heterocycles. The molecule has 21 heavy (non-hydrogen) atoms. The van der Waals surface area contributed by atoms with Crippen molar-refractivity contribution in [1.29, 1.82) is 0 Å². The second-order valence-corrected chi connectivity index (χ2v) is 5.51. The molecule has 0 radical (unpaired) electrons. The first-order valence-corrected chi connectivity index (χ1v) is 7.12. The van der Waals surface area contributed by atoms with Gasteiger partial charge in [-0.1, -0.05) is 17.7 Å². The van der Waals surface area contributed by atoms with Crippen LogP contribution in [-0.2, 0) is 11.0 Å². The standard InChI is InChI=1S/C14H16ClF3N2O/c15-11-3-1-2-10(14(16,17)18)13(11)20-12(21)8-9-4-6-19-7-5-9/h1-3,9,19H,4-8H2,(H,20,21). The predicted molar refractivity (Wildman–Crippen MR) is 75.3 cm³/mol. The number of carbonyl (C=O) groups is 1. The number of alkyl halides is 3. The average molecular weight is 321 g/mol. The molecule has 1 aliphatic rings. The molecule has 1 saturated heterocycles. The summed E-state index contributed by atoms with van der Waals surface area (Å²) in [6.45, 7) is 1.66. The summed E-state index contributed by atoms with van der Waals surface area (Å²) in [7, 11) is 0. The first-order chi connectivity index (χ1) is 9.88. The van der Waals surface area contributed by atoms with Crippen LogP contribution in [0.25, 0.3) is 0 Å². The van der Waals surface area contributed by atoms with E-state index < -0.39 is 17.6 Å². The second kappa shape index (κ2) is 6.66. The highest BCUT2D eigenvalue weighted by atomic mass is 35.5. The zero-order valence-corrected chi connectivity index (χ0v) is 12.0. The Balaban J connectivity index is 2.09. The third-order valence-corrected chi connectivity index (χ3v) is 3.83. The largest absolute Gasteiger partial charge is 0.418 e. The fourth-order valence-corrected chi connectivity index (χ4v) is 2.65. The minimum Gasteiger partial charge on any atom is -0.324 e. The summed E-state index contributed by atoms with van der Waals surface area (Å²) in [5.74, 6) is -0.233. The van der Waals surface area contributed by atoms with E-state index in [1.165, 1.54) is 12.1 Å². The summed E-state index contributed by atoms with van der Waals surface area (Å²) in [5.41, 5.74) is -1.28. The van der Waals surface area contributed by atoms with Gasteiger partial charge in [-0.3, -0.25) is 4.79 Å². The number of rotatable bonds is 3. The summed E-state index contributed by atoms with van der Waals surface area (Å²) in [5, 5.41) is 5.39. The lowest BCUT2D eigenvalue weighted by molar-refractivity contribution is -0.137. The maximum Gasteiger partial charge on any atom is 0.418 e. The van der Waals surface area contributed by atoms with E-state index in [0.29, 0.717) is 0 Å². The van der Waals surface area contributed by atoms with E-state index in [1.807, 2.05) is 0 Å². The summed E-state index contributed by atoms with van der Waals surface area (Å²) < 4.78 is 38.8. The van der Waals surface area contributed by atoms with E-state index in [-0.39, 0.29) is 23.0 Å². The highest BCUT2D eigenvalue weighted by molar-refractivity contribution is 6.34. The molecule has 0 aliphatic carbocycles. The van der Waals surface area contributed by atoms with Crippen LogP contribution in [0.3, 0.4) is 0 Å². The van der Waals surface area contributed by atoms with E-state index in [4.69, 9.17) is 11.6 Å². The number of carbonyl (C=O) groups excluding carboxylic acids is 1. The van der Waals surface area contributed by atoms with Crippen LogP contribution in [0.4, 0.5) is 18.9 Å². The molecule has 3 nitrogen and oxygen atoms in total. The quantitative estimate of drug-likeness (QED) is 0.892. The maximum atomic E-state index is 12.9. The molecule has 1 fully saturated rings. The minimum atomic E-state index is -4.55. The van der Waals surface area contributed by atoms with Gasteiger partial charge in [0.05, 0.1) is 16.3 Å². The molecule has 0 atom stereocenters. The maximum absolute atomic E-state index is 12.9. The van der Waals surface area contributed by atoms with Gasteiger partial charge in [0.2, 0.25) is 5.91 Å². The minimum absolute atomic E-state index is 0.108. The molecule has 1 amide bonds. The zero-order chi connectivity index (χ0) is 15.5. The smallest absolute Gasteiger partial charge is 0.324 e. The number of benzene rings is 1. The normalized spacial score (nSPS) is 16.8. The van der Waals surface area contributed by atoms with Crippen molar-refractivity contribution in [3.8, 4) is 0 Å². The summed E-state index contributed by atoms with van der Waals surface area (Å²) >= 11 is 5.80. The van der Waals surface area contributed by atoms with Crippen LogP contribution in [0.2, 0.25) is 5.02 Å². The third kappa shape index (κ3) is 4.35. The van der Waals surface area contributed by atoms with Crippen LogP contribution in [0, 0.1) is 5.92 Å². The highest BCUT2D eigenvalue weighted by Gasteiger charge is 2.34. The monoisotopic (exact) mass is 320 g/mol. The Morgan fingerprint density at radius 2 is 2.00 bits per heavy atom. The van der Waals surface area contributed by atoms with Gasteiger partial charge >= 0.3 is 6.18 Å². The summed E-state index contributed by atoms with van der Waals surface area (Å²) in [6, 6.07) is 3.45. The summed E-state index contributed by atoms with van der Waals surface area (Å²) in [6.07, 6.45) is -2.64. The molecule has 116 valence electrons. The molecule has 1 aliphatic heterocycles. The van der Waals surface area contributed by atoms with Gasteiger partial charge in [0.1, 0.15) is 0 Å². The first kappa shape index (κ1) is 16.1. The molecule has 0 spiro atoms. The van der Waals surface area contributed by atoms with Crippen molar-refractivity contribution >= 4 is 23.2 Å². The van der Waals surface area contributed by atoms with E-state index in [9.17, 15) is 18.0 Å². The zero-order valence-electron chi connectivity index (χ0n) is 11.3. The van der Waals surface area contributed by atoms with Crippen LogP contribution in [0.1, 0.15) is 24.8 Å². The van der Waals surface area contributed by atoms with Gasteiger partial charge in [-0.25, -0.2) is 0 Å². The Morgan fingerprint density at radius 3 is 2.62 bits per heavy atom. The molecule has 0 bridgehead atoms. The van der Waals surface area contributed by atoms with Crippen molar-refractivity contribution in [2.24, 2.45) is 5.92 Å². The molecule has 0 saturated carbocycles. The van der Waals surface area contributed by atoms with Gasteiger partial charge in [0.15, 0.2) is 0 Å². The SMILES string of the molecule is O=C(CC1CCNCC1)Nc1c(Cl)cccc1C(F)(F)F. The topological polar surface area (TPSA) is 41.1 Å². The number of nitrogens with one attached hydrogen (secondary N) is 2. The van der Waals surface area contributed by atoms with Crippen LogP contribution in [0.5, 0.6) is 0 Å². The van der Waals surface area contributed by atoms with Crippen molar-refractivity contribution in [2.75, 3.05) is 18.4 Å². The number of piperidine rings is 1. The number of hydrogen-bond donors (Lipinski definition) is 2. The molecular weight excluding hydrogens is 305 g/mol. The number of amides is 1. The lowest BCUT2D eigenvalue weighted by Crippen LogP contribution is -2.30. The fourth-order valence-electron chi connectivity index (χ4n) is 2.43. The van der Waals surface area contributed by atoms with Crippen LogP contribution in [0.15, 0.2) is 18.2 Å². The Morgan fingerprint density at radius 1 is 1.33 bits per heavy atom. The number of hydrogen-bond acceptors (Lipinski definition) is 2. The van der Waals surface area contributed by atoms with Crippen molar-refractivity contribution in [2.45, 2.75) is 25.4 Å². The highest BCUT2D eigenvalue weighted by Crippen LogP contribution is 2.38. The third-order valence-electron chi connectivity index (χ3n) is 3.52. The van der Waals surface area contributed by atoms with Gasteiger partial charge in [0.25, 0.3) is 0 Å². The number of para-hydroxylation sites is 1. The van der Waals surface area contributed by atoms with Gasteiger partial charge in [-0.15, -0.1) is 0 Å². The van der Waals surface area contributed by atoms with Crippen molar-refractivity contribution in [3.63, 3.8) is 0 Å². The molecule has 1 heterocycles. The van der Waals surface area contributed by atoms with E-state index in [1.54, 1.807) is 0 Å². The molecule has 7 heteroatoms. The van der Waals surface area contributed by atoms with Gasteiger partial charge < -0.3 is 10.6 Å². The van der Waals surface area contributed by atoms with Gasteiger partial charge in [-0.2, -0.15) is 13.2 Å². The molecule has 1 aromatic carbocycles. The van der Waals surface area contributed by atoms with Crippen molar-refractivity contribution < 1.29 is 18.0 Å². The van der Waals surface area contributed by atoms with Crippen LogP contribution < -0.4 is 10.6 Å². The Kier molecular flexibility index (Phi) is 5.11. The predicted octanol–water partition coefficient (Wildman–Crippen LogP) is 3.69. The Bertz CT molecular complexity index is 513. The summed E-state index contributed by atoms with van der Waals surface area (Å²) in [4.78, 5) is 12.0. The van der Waals surface area contributed by atoms with Crippen LogP contribution >= 0.6 is 11.6 Å². The lowest BCUT2D eigenvalue weighted by atomic mass is 9.94. The average Bonchev–Trinajstić information content (AvgIpc) is 2.41. The molecule has 2 rings (SSSR count). The van der Waals surface area contributed by atoms with E-state index in [0.717, 1.165) is 32.0 Å². The molecule has 0 unspecified atom stereocenters. The number of anilines is 1. The molecular formula is C14H16ClF3N2O. The van der Waals surface area contributed by atoms with Crippen LogP contribution in [-0.4, -0.2) is 19.0 Å². The van der Waals surface area contributed by atoms with E-state index >= 15 is 0 Å². The fraction of sp³-hybridized carbons (Fsp3) is 0.500. The van der Waals surface area contributed by atoms with Crippen molar-refractivity contribution in [1.82, 2.24) is 5.32 Å².